The molecule has 2 saturated carbocycles. The summed E-state index contributed by atoms with van der Waals surface area (Å²) in [4.78, 5) is 2.79. The molecule has 0 radical (unpaired) electrons. The molecule has 37 heavy (non-hydrogen) atoms. The number of nitrogens with zero attached hydrogens (tertiary/aromatic N) is 1. The van der Waals surface area contributed by atoms with Gasteiger partial charge in [0.25, 0.3) is 0 Å². The predicted molar refractivity (Wildman–Crippen MR) is 163 cm³/mol. The van der Waals surface area contributed by atoms with E-state index in [2.05, 4.69) is 60.1 Å². The molecule has 4 rings (SSSR count). The Morgan fingerprint density at radius 1 is 1.03 bits per heavy atom. The number of rotatable bonds is 11. The van der Waals surface area contributed by atoms with Crippen LogP contribution in [0.5, 0.6) is 0 Å². The molecule has 3 fully saturated rings. The summed E-state index contributed by atoms with van der Waals surface area (Å²) >= 11 is 8.33. The van der Waals surface area contributed by atoms with Crippen molar-refractivity contribution in [2.24, 2.45) is 35.0 Å². The van der Waals surface area contributed by atoms with Crippen LogP contribution in [0.2, 0.25) is 0 Å². The van der Waals surface area contributed by atoms with E-state index < -0.39 is 0 Å². The zero-order chi connectivity index (χ0) is 26.3. The highest BCUT2D eigenvalue weighted by molar-refractivity contribution is 7.98. The number of alkyl halides is 1. The standard InChI is InChI=1S/C31H57ClN4S/c1-23(2)29(21-36-17-15-28(31(3,4)22-36)26-11-13-27(32)14-12-26)34-19-24-8-7-9-25(18-24)20-35-37-30-10-5-6-16-33-30/h5-6,23-30,33-35H,7-22H2,1-4H3/t24?,25?,26?,27?,28-,29+,30?/m1/s1. The number of halogens is 1. The molecule has 4 nitrogen and oxygen atoms in total. The van der Waals surface area contributed by atoms with Crippen molar-refractivity contribution in [2.75, 3.05) is 39.3 Å². The lowest BCUT2D eigenvalue weighted by Crippen LogP contribution is -2.53. The number of hydrogen-bond acceptors (Lipinski definition) is 5. The highest BCUT2D eigenvalue weighted by atomic mass is 35.5. The molecule has 6 heteroatoms. The van der Waals surface area contributed by atoms with E-state index in [-0.39, 0.29) is 0 Å². The molecule has 0 spiro atoms. The van der Waals surface area contributed by atoms with E-state index in [0.717, 1.165) is 43.2 Å². The van der Waals surface area contributed by atoms with Gasteiger partial charge in [-0.1, -0.05) is 58.2 Å². The summed E-state index contributed by atoms with van der Waals surface area (Å²) in [5.74, 6) is 4.11. The minimum Gasteiger partial charge on any atom is -0.312 e. The van der Waals surface area contributed by atoms with Crippen molar-refractivity contribution in [2.45, 2.75) is 109 Å². The second-order valence-corrected chi connectivity index (χ2v) is 15.6. The van der Waals surface area contributed by atoms with Crippen molar-refractivity contribution < 1.29 is 0 Å². The maximum Gasteiger partial charge on any atom is 0.0716 e. The molecule has 1 saturated heterocycles. The van der Waals surface area contributed by atoms with Crippen LogP contribution in [0.1, 0.15) is 91.9 Å². The fourth-order valence-corrected chi connectivity index (χ4v) is 8.99. The van der Waals surface area contributed by atoms with Gasteiger partial charge < -0.3 is 15.5 Å². The average molecular weight is 553 g/mol. The van der Waals surface area contributed by atoms with Crippen molar-refractivity contribution >= 4 is 23.5 Å². The fraction of sp³-hybridized carbons (Fsp3) is 0.935. The molecule has 2 aliphatic heterocycles. The summed E-state index contributed by atoms with van der Waals surface area (Å²) in [6.45, 7) is 17.0. The van der Waals surface area contributed by atoms with Crippen LogP contribution in [0.15, 0.2) is 12.2 Å². The Hall–Kier alpha value is 0.220. The molecule has 2 heterocycles. The van der Waals surface area contributed by atoms with E-state index in [1.807, 2.05) is 11.9 Å². The SMILES string of the molecule is CC(C)[C@H](CN1CC[C@H](C2CCC(Cl)CC2)C(C)(C)C1)NCC1CCCC(CNSC2CC=CCN2)C1. The summed E-state index contributed by atoms with van der Waals surface area (Å²) < 4.78 is 3.71. The first-order valence-electron chi connectivity index (χ1n) is 15.7. The van der Waals surface area contributed by atoms with Crippen LogP contribution in [0.4, 0.5) is 0 Å². The second-order valence-electron chi connectivity index (χ2n) is 13.9. The molecule has 0 aromatic rings. The van der Waals surface area contributed by atoms with E-state index in [0.29, 0.717) is 28.1 Å². The molecule has 0 bridgehead atoms. The number of piperidine rings is 1. The molecule has 0 aromatic carbocycles. The lowest BCUT2D eigenvalue weighted by molar-refractivity contribution is 0.00453. The zero-order valence-electron chi connectivity index (χ0n) is 24.3. The Bertz CT molecular complexity index is 693. The molecule has 2 aliphatic carbocycles. The largest absolute Gasteiger partial charge is 0.312 e. The van der Waals surface area contributed by atoms with Crippen molar-refractivity contribution in [3.63, 3.8) is 0 Å². The first kappa shape index (κ1) is 30.2. The van der Waals surface area contributed by atoms with Gasteiger partial charge in [-0.25, -0.2) is 0 Å². The molecule has 214 valence electrons. The van der Waals surface area contributed by atoms with Gasteiger partial charge in [0.1, 0.15) is 0 Å². The fourth-order valence-electron chi connectivity index (χ4n) is 7.82. The highest BCUT2D eigenvalue weighted by Crippen LogP contribution is 2.45. The van der Waals surface area contributed by atoms with Crippen molar-refractivity contribution in [3.05, 3.63) is 12.2 Å². The van der Waals surface area contributed by atoms with Gasteiger partial charge >= 0.3 is 0 Å². The van der Waals surface area contributed by atoms with Gasteiger partial charge in [-0.3, -0.25) is 4.72 Å². The van der Waals surface area contributed by atoms with Crippen molar-refractivity contribution in [1.82, 2.24) is 20.3 Å². The quantitative estimate of drug-likeness (QED) is 0.152. The van der Waals surface area contributed by atoms with Crippen LogP contribution in [0.25, 0.3) is 0 Å². The molecular weight excluding hydrogens is 496 g/mol. The topological polar surface area (TPSA) is 39.3 Å². The van der Waals surface area contributed by atoms with Gasteiger partial charge in [-0.15, -0.1) is 11.6 Å². The number of nitrogens with one attached hydrogen (secondary N) is 3. The van der Waals surface area contributed by atoms with Crippen LogP contribution in [0, 0.1) is 35.0 Å². The summed E-state index contributed by atoms with van der Waals surface area (Å²) in [5, 5.41) is 8.60. The Kier molecular flexibility index (Phi) is 12.0. The monoisotopic (exact) mass is 552 g/mol. The van der Waals surface area contributed by atoms with E-state index in [4.69, 9.17) is 11.6 Å². The number of hydrogen-bond donors (Lipinski definition) is 3. The van der Waals surface area contributed by atoms with Gasteiger partial charge in [0.2, 0.25) is 0 Å². The Labute approximate surface area is 238 Å². The first-order valence-corrected chi connectivity index (χ1v) is 17.0. The third-order valence-corrected chi connectivity index (χ3v) is 11.5. The normalized spacial score (nSPS) is 36.1. The van der Waals surface area contributed by atoms with Crippen LogP contribution < -0.4 is 15.4 Å². The number of likely N-dealkylation sites (tertiary alicyclic amines) is 1. The first-order chi connectivity index (χ1) is 17.8. The molecule has 0 aromatic heterocycles. The smallest absolute Gasteiger partial charge is 0.0716 e. The third kappa shape index (κ3) is 9.39. The highest BCUT2D eigenvalue weighted by Gasteiger charge is 2.41. The van der Waals surface area contributed by atoms with E-state index in [1.165, 1.54) is 84.0 Å². The van der Waals surface area contributed by atoms with Gasteiger partial charge in [0.05, 0.1) is 5.37 Å². The summed E-state index contributed by atoms with van der Waals surface area (Å²) in [6.07, 6.45) is 17.8. The van der Waals surface area contributed by atoms with E-state index >= 15 is 0 Å². The van der Waals surface area contributed by atoms with Crippen molar-refractivity contribution in [3.8, 4) is 0 Å². The van der Waals surface area contributed by atoms with Crippen LogP contribution in [-0.4, -0.2) is 61.0 Å². The van der Waals surface area contributed by atoms with Crippen LogP contribution in [-0.2, 0) is 0 Å². The Morgan fingerprint density at radius 2 is 1.78 bits per heavy atom. The minimum absolute atomic E-state index is 0.411. The van der Waals surface area contributed by atoms with Crippen LogP contribution in [0.3, 0.4) is 0 Å². The minimum atomic E-state index is 0.411. The predicted octanol–water partition coefficient (Wildman–Crippen LogP) is 6.67. The van der Waals surface area contributed by atoms with E-state index in [9.17, 15) is 0 Å². The average Bonchev–Trinajstić information content (AvgIpc) is 2.87. The molecule has 0 amide bonds. The Balaban J connectivity index is 1.18. The molecule has 3 unspecified atom stereocenters. The third-order valence-electron chi connectivity index (χ3n) is 10.1. The van der Waals surface area contributed by atoms with Gasteiger partial charge in [0, 0.05) is 37.6 Å². The maximum atomic E-state index is 6.42. The lowest BCUT2D eigenvalue weighted by atomic mass is 9.64. The summed E-state index contributed by atoms with van der Waals surface area (Å²) in [5.41, 5.74) is 0.411. The van der Waals surface area contributed by atoms with Gasteiger partial charge in [-0.2, -0.15) is 0 Å². The van der Waals surface area contributed by atoms with Gasteiger partial charge in [-0.05, 0) is 106 Å². The molecule has 4 aliphatic rings. The molecule has 5 atom stereocenters. The molecule has 3 N–H and O–H groups in total. The summed E-state index contributed by atoms with van der Waals surface area (Å²) in [7, 11) is 0. The summed E-state index contributed by atoms with van der Waals surface area (Å²) in [6, 6.07) is 0.596. The zero-order valence-corrected chi connectivity index (χ0v) is 25.9. The lowest BCUT2D eigenvalue weighted by Gasteiger charge is -2.49. The van der Waals surface area contributed by atoms with Crippen LogP contribution >= 0.6 is 23.5 Å². The molecular formula is C31H57ClN4S. The maximum absolute atomic E-state index is 6.42. The van der Waals surface area contributed by atoms with E-state index in [1.54, 1.807) is 0 Å². The van der Waals surface area contributed by atoms with Crippen molar-refractivity contribution in [1.29, 1.82) is 0 Å². The Morgan fingerprint density at radius 3 is 2.46 bits per heavy atom. The van der Waals surface area contributed by atoms with Gasteiger partial charge in [0.15, 0.2) is 0 Å². The second kappa shape index (κ2) is 14.7.